The summed E-state index contributed by atoms with van der Waals surface area (Å²) in [5.74, 6) is 0.105. The summed E-state index contributed by atoms with van der Waals surface area (Å²) < 4.78 is 11.8. The maximum absolute atomic E-state index is 12.4. The summed E-state index contributed by atoms with van der Waals surface area (Å²) in [5, 5.41) is 0. The minimum absolute atomic E-state index is 0.166. The highest BCUT2D eigenvalue weighted by atomic mass is 16.5. The molecule has 0 aliphatic rings. The molecule has 0 bridgehead atoms. The van der Waals surface area contributed by atoms with Gasteiger partial charge in [0.05, 0.1) is 26.1 Å². The Hall–Kier alpha value is -2.83. The van der Waals surface area contributed by atoms with E-state index in [2.05, 4.69) is 9.72 Å². The van der Waals surface area contributed by atoms with Crippen LogP contribution in [0.1, 0.15) is 18.6 Å². The van der Waals surface area contributed by atoms with Gasteiger partial charge in [-0.2, -0.15) is 0 Å². The molecule has 2 aromatic heterocycles. The lowest BCUT2D eigenvalue weighted by atomic mass is 10.3. The Morgan fingerprint density at radius 1 is 1.42 bits per heavy atom. The van der Waals surface area contributed by atoms with Crippen LogP contribution in [0, 0.1) is 0 Å². The Morgan fingerprint density at radius 3 is 2.96 bits per heavy atom. The second-order valence-electron chi connectivity index (χ2n) is 5.15. The molecule has 1 amide bonds. The number of rotatable bonds is 9. The van der Waals surface area contributed by atoms with Crippen LogP contribution >= 0.6 is 0 Å². The van der Waals surface area contributed by atoms with Gasteiger partial charge in [0.25, 0.3) is 0 Å². The molecule has 0 aliphatic carbocycles. The monoisotopic (exact) mass is 331 g/mol. The van der Waals surface area contributed by atoms with Crippen LogP contribution < -0.4 is 0 Å². The van der Waals surface area contributed by atoms with Crippen molar-refractivity contribution in [3.05, 3.63) is 49.0 Å². The Bertz CT molecular complexity index is 647. The number of amides is 1. The highest BCUT2D eigenvalue weighted by molar-refractivity contribution is 5.91. The molecule has 0 unspecified atom stereocenters. The average Bonchev–Trinajstić information content (AvgIpc) is 3.28. The third-order valence-corrected chi connectivity index (χ3v) is 3.46. The predicted octanol–water partition coefficient (Wildman–Crippen LogP) is 1.97. The molecule has 0 fully saturated rings. The van der Waals surface area contributed by atoms with Crippen LogP contribution in [-0.2, 0) is 20.9 Å². The number of ether oxygens (including phenoxy) is 1. The summed E-state index contributed by atoms with van der Waals surface area (Å²) in [6.45, 7) is 1.61. The van der Waals surface area contributed by atoms with Gasteiger partial charge < -0.3 is 18.6 Å². The molecule has 2 heterocycles. The van der Waals surface area contributed by atoms with E-state index in [0.717, 1.165) is 13.0 Å². The lowest BCUT2D eigenvalue weighted by molar-refractivity contribution is -0.141. The maximum atomic E-state index is 12.4. The van der Waals surface area contributed by atoms with Gasteiger partial charge in [0.15, 0.2) is 0 Å². The number of nitrogens with zero attached hydrogens (tertiary/aromatic N) is 3. The summed E-state index contributed by atoms with van der Waals surface area (Å²) in [6.07, 6.45) is 10.9. The molecule has 2 rings (SSSR count). The topological polar surface area (TPSA) is 77.6 Å². The first-order valence-electron chi connectivity index (χ1n) is 7.72. The van der Waals surface area contributed by atoms with Crippen LogP contribution in [0.3, 0.4) is 0 Å². The van der Waals surface area contributed by atoms with Crippen molar-refractivity contribution >= 4 is 18.0 Å². The molecule has 0 aromatic carbocycles. The van der Waals surface area contributed by atoms with Gasteiger partial charge >= 0.3 is 5.97 Å². The number of aromatic nitrogens is 2. The first-order valence-corrected chi connectivity index (χ1v) is 7.72. The number of hydrogen-bond acceptors (Lipinski definition) is 5. The van der Waals surface area contributed by atoms with Crippen molar-refractivity contribution in [3.63, 3.8) is 0 Å². The van der Waals surface area contributed by atoms with Gasteiger partial charge in [-0.3, -0.25) is 9.59 Å². The summed E-state index contributed by atoms with van der Waals surface area (Å²) in [5.41, 5.74) is 0. The Labute approximate surface area is 140 Å². The zero-order valence-electron chi connectivity index (χ0n) is 13.6. The van der Waals surface area contributed by atoms with E-state index in [4.69, 9.17) is 4.42 Å². The van der Waals surface area contributed by atoms with Gasteiger partial charge in [-0.15, -0.1) is 0 Å². The smallest absolute Gasteiger partial charge is 0.307 e. The van der Waals surface area contributed by atoms with Gasteiger partial charge in [-0.1, -0.05) is 0 Å². The van der Waals surface area contributed by atoms with Crippen LogP contribution in [0.4, 0.5) is 0 Å². The summed E-state index contributed by atoms with van der Waals surface area (Å²) in [4.78, 5) is 29.3. The zero-order valence-corrected chi connectivity index (χ0v) is 13.6. The summed E-state index contributed by atoms with van der Waals surface area (Å²) in [6, 6.07) is 3.52. The van der Waals surface area contributed by atoms with Crippen molar-refractivity contribution in [2.45, 2.75) is 19.4 Å². The zero-order chi connectivity index (χ0) is 17.2. The lowest BCUT2D eigenvalue weighted by Gasteiger charge is -2.20. The molecular weight excluding hydrogens is 310 g/mol. The Morgan fingerprint density at radius 2 is 2.29 bits per heavy atom. The van der Waals surface area contributed by atoms with Crippen molar-refractivity contribution in [3.8, 4) is 0 Å². The van der Waals surface area contributed by atoms with E-state index < -0.39 is 0 Å². The molecule has 24 heavy (non-hydrogen) atoms. The second-order valence-corrected chi connectivity index (χ2v) is 5.15. The predicted molar refractivity (Wildman–Crippen MR) is 87.8 cm³/mol. The number of furan rings is 1. The molecule has 0 atom stereocenters. The fourth-order valence-corrected chi connectivity index (χ4v) is 2.17. The summed E-state index contributed by atoms with van der Waals surface area (Å²) in [7, 11) is 1.34. The number of carbonyl (C=O) groups excluding carboxylic acids is 2. The number of imidazole rings is 1. The van der Waals surface area contributed by atoms with Crippen molar-refractivity contribution in [2.24, 2.45) is 0 Å². The molecule has 0 spiro atoms. The van der Waals surface area contributed by atoms with Crippen molar-refractivity contribution < 1.29 is 18.7 Å². The highest BCUT2D eigenvalue weighted by Crippen LogP contribution is 2.05. The normalized spacial score (nSPS) is 10.9. The molecule has 7 nitrogen and oxygen atoms in total. The molecule has 128 valence electrons. The molecule has 0 N–H and O–H groups in total. The lowest BCUT2D eigenvalue weighted by Crippen LogP contribution is -2.33. The number of aryl methyl sites for hydroxylation is 1. The molecule has 2 aromatic rings. The van der Waals surface area contributed by atoms with Crippen LogP contribution in [0.5, 0.6) is 0 Å². The van der Waals surface area contributed by atoms with Crippen LogP contribution in [-0.4, -0.2) is 46.5 Å². The molecular formula is C17H21N3O4. The van der Waals surface area contributed by atoms with Crippen LogP contribution in [0.25, 0.3) is 6.08 Å². The van der Waals surface area contributed by atoms with Gasteiger partial charge in [-0.05, 0) is 24.6 Å². The van der Waals surface area contributed by atoms with E-state index in [0.29, 0.717) is 18.8 Å². The second kappa shape index (κ2) is 9.34. The number of methoxy groups -OCH3 is 1. The highest BCUT2D eigenvalue weighted by Gasteiger charge is 2.13. The Kier molecular flexibility index (Phi) is 6.82. The number of carbonyl (C=O) groups is 2. The average molecular weight is 331 g/mol. The van der Waals surface area contributed by atoms with E-state index in [1.807, 2.05) is 10.8 Å². The van der Waals surface area contributed by atoms with Gasteiger partial charge in [0.2, 0.25) is 5.91 Å². The third-order valence-electron chi connectivity index (χ3n) is 3.46. The van der Waals surface area contributed by atoms with Crippen molar-refractivity contribution in [1.82, 2.24) is 14.5 Å². The van der Waals surface area contributed by atoms with E-state index in [1.54, 1.807) is 41.9 Å². The first kappa shape index (κ1) is 17.5. The van der Waals surface area contributed by atoms with E-state index >= 15 is 0 Å². The van der Waals surface area contributed by atoms with E-state index in [9.17, 15) is 9.59 Å². The minimum atomic E-state index is -0.336. The van der Waals surface area contributed by atoms with Crippen LogP contribution in [0.2, 0.25) is 0 Å². The van der Waals surface area contributed by atoms with E-state index in [-0.39, 0.29) is 18.3 Å². The minimum Gasteiger partial charge on any atom is -0.469 e. The number of hydrogen-bond donors (Lipinski definition) is 0. The van der Waals surface area contributed by atoms with Crippen molar-refractivity contribution in [2.75, 3.05) is 20.2 Å². The third kappa shape index (κ3) is 5.75. The fourth-order valence-electron chi connectivity index (χ4n) is 2.17. The summed E-state index contributed by atoms with van der Waals surface area (Å²) >= 11 is 0. The van der Waals surface area contributed by atoms with Crippen LogP contribution in [0.15, 0.2) is 47.6 Å². The van der Waals surface area contributed by atoms with Crippen molar-refractivity contribution in [1.29, 1.82) is 0 Å². The largest absolute Gasteiger partial charge is 0.469 e. The molecule has 0 saturated heterocycles. The standard InChI is InChI=1S/C17H21N3O4/c1-23-17(22)7-11-20(10-3-9-19-12-8-18-14-19)16(21)6-5-15-4-2-13-24-15/h2,4-6,8,12-14H,3,7,9-11H2,1H3/b6-5+. The molecule has 0 aliphatic heterocycles. The molecule has 0 saturated carbocycles. The quantitative estimate of drug-likeness (QED) is 0.518. The van der Waals surface area contributed by atoms with Gasteiger partial charge in [0.1, 0.15) is 5.76 Å². The number of esters is 1. The van der Waals surface area contributed by atoms with Gasteiger partial charge in [0, 0.05) is 38.1 Å². The van der Waals surface area contributed by atoms with Gasteiger partial charge in [-0.25, -0.2) is 4.98 Å². The Balaban J connectivity index is 1.89. The SMILES string of the molecule is COC(=O)CCN(CCCn1ccnc1)C(=O)/C=C/c1ccco1. The van der Waals surface area contributed by atoms with E-state index in [1.165, 1.54) is 13.2 Å². The fraction of sp³-hybridized carbons (Fsp3) is 0.353. The molecule has 0 radical (unpaired) electrons. The maximum Gasteiger partial charge on any atom is 0.307 e. The first-order chi connectivity index (χ1) is 11.7. The molecule has 7 heteroatoms.